The fourth-order valence-electron chi connectivity index (χ4n) is 7.36. The van der Waals surface area contributed by atoms with Crippen molar-refractivity contribution in [2.75, 3.05) is 4.90 Å². The van der Waals surface area contributed by atoms with E-state index in [2.05, 4.69) is 145 Å². The third kappa shape index (κ3) is 4.75. The zero-order valence-electron chi connectivity index (χ0n) is 27.2. The molecule has 234 valence electrons. The summed E-state index contributed by atoms with van der Waals surface area (Å²) < 4.78 is 4.38. The van der Waals surface area contributed by atoms with Crippen molar-refractivity contribution in [1.82, 2.24) is 4.57 Å². The molecule has 0 spiro atoms. The first-order valence-electron chi connectivity index (χ1n) is 16.6. The van der Waals surface area contributed by atoms with Gasteiger partial charge in [0.15, 0.2) is 5.43 Å². The van der Waals surface area contributed by atoms with E-state index in [0.717, 1.165) is 54.0 Å². The highest BCUT2D eigenvalue weighted by Crippen LogP contribution is 2.40. The van der Waals surface area contributed by atoms with Gasteiger partial charge in [0.25, 0.3) is 0 Å². The van der Waals surface area contributed by atoms with Crippen LogP contribution in [0.3, 0.4) is 0 Å². The fraction of sp³-hybridized carbons (Fsp3) is 0.0444. The van der Waals surface area contributed by atoms with Gasteiger partial charge in [-0.3, -0.25) is 4.79 Å². The Bertz CT molecular complexity index is 2660. The first-order chi connectivity index (χ1) is 24.1. The summed E-state index contributed by atoms with van der Waals surface area (Å²) in [4.78, 5) is 16.7. The Hall–Kier alpha value is -5.97. The number of benzene rings is 7. The Labute approximate surface area is 288 Å². The SMILES string of the molecule is Cc1cccc2c3cccc(C)c3n(-c3ccccc3-c3ccc4sc5ccc(N(c6ccccc6)c6ccccc6)cc5c(=O)c4c3)c12. The molecular formula is C45H32N2OS. The predicted molar refractivity (Wildman–Crippen MR) is 210 cm³/mol. The van der Waals surface area contributed by atoms with Gasteiger partial charge in [0.05, 0.1) is 16.7 Å². The van der Waals surface area contributed by atoms with Gasteiger partial charge >= 0.3 is 0 Å². The summed E-state index contributed by atoms with van der Waals surface area (Å²) in [6.07, 6.45) is 0. The maximum atomic E-state index is 14.5. The summed E-state index contributed by atoms with van der Waals surface area (Å²) in [7, 11) is 0. The molecule has 0 aliphatic heterocycles. The van der Waals surface area contributed by atoms with E-state index in [4.69, 9.17) is 0 Å². The minimum atomic E-state index is 0.0505. The van der Waals surface area contributed by atoms with E-state index in [1.54, 1.807) is 11.3 Å². The highest BCUT2D eigenvalue weighted by Gasteiger charge is 2.19. The van der Waals surface area contributed by atoms with Crippen LogP contribution in [0.1, 0.15) is 11.1 Å². The quantitative estimate of drug-likeness (QED) is 0.174. The summed E-state index contributed by atoms with van der Waals surface area (Å²) in [6.45, 7) is 4.37. The van der Waals surface area contributed by atoms with E-state index in [0.29, 0.717) is 0 Å². The number of rotatable bonds is 5. The molecule has 4 heteroatoms. The van der Waals surface area contributed by atoms with Crippen molar-refractivity contribution < 1.29 is 0 Å². The van der Waals surface area contributed by atoms with Crippen molar-refractivity contribution in [3.8, 4) is 16.8 Å². The minimum Gasteiger partial charge on any atom is -0.310 e. The van der Waals surface area contributed by atoms with E-state index in [-0.39, 0.29) is 5.43 Å². The third-order valence-electron chi connectivity index (χ3n) is 9.61. The Balaban J connectivity index is 1.24. The molecule has 49 heavy (non-hydrogen) atoms. The third-order valence-corrected chi connectivity index (χ3v) is 10.8. The average Bonchev–Trinajstić information content (AvgIpc) is 3.50. The Morgan fingerprint density at radius 2 is 1.04 bits per heavy atom. The number of nitrogens with zero attached hydrogens (tertiary/aromatic N) is 2. The molecule has 0 saturated carbocycles. The number of hydrogen-bond acceptors (Lipinski definition) is 3. The van der Waals surface area contributed by atoms with Crippen LogP contribution in [0.2, 0.25) is 0 Å². The van der Waals surface area contributed by atoms with Crippen LogP contribution in [-0.2, 0) is 0 Å². The largest absolute Gasteiger partial charge is 0.310 e. The standard InChI is InChI=1S/C45H32N2OS/c1-29-13-11-20-36-37-21-12-14-30(2)44(37)47(43(29)36)40-22-10-9-19-35(40)31-23-25-41-38(27-31)45(48)39-28-34(24-26-42(39)49-41)46(32-15-5-3-6-16-32)33-17-7-4-8-18-33/h3-28H,1-2H3. The van der Waals surface area contributed by atoms with Gasteiger partial charge in [0.1, 0.15) is 0 Å². The maximum absolute atomic E-state index is 14.5. The summed E-state index contributed by atoms with van der Waals surface area (Å²) in [5, 5.41) is 3.96. The molecule has 0 aliphatic rings. The molecule has 0 unspecified atom stereocenters. The molecule has 0 amide bonds. The van der Waals surface area contributed by atoms with Crippen molar-refractivity contribution in [2.24, 2.45) is 0 Å². The van der Waals surface area contributed by atoms with Gasteiger partial charge in [-0.25, -0.2) is 0 Å². The van der Waals surface area contributed by atoms with Gasteiger partial charge in [-0.05, 0) is 91.2 Å². The van der Waals surface area contributed by atoms with Gasteiger partial charge in [-0.15, -0.1) is 11.3 Å². The van der Waals surface area contributed by atoms with Crippen LogP contribution in [0.15, 0.2) is 163 Å². The zero-order chi connectivity index (χ0) is 33.1. The summed E-state index contributed by atoms with van der Waals surface area (Å²) in [5.74, 6) is 0. The molecule has 0 radical (unpaired) electrons. The molecule has 2 heterocycles. The predicted octanol–water partition coefficient (Wildman–Crippen LogP) is 12.3. The summed E-state index contributed by atoms with van der Waals surface area (Å²) in [6, 6.07) is 54.9. The molecule has 9 rings (SSSR count). The number of fused-ring (bicyclic) bond motifs is 5. The lowest BCUT2D eigenvalue weighted by Crippen LogP contribution is -2.10. The van der Waals surface area contributed by atoms with Crippen LogP contribution in [0.5, 0.6) is 0 Å². The van der Waals surface area contributed by atoms with Crippen LogP contribution in [0.4, 0.5) is 17.1 Å². The first kappa shape index (κ1) is 29.2. The molecule has 0 saturated heterocycles. The van der Waals surface area contributed by atoms with Crippen molar-refractivity contribution in [3.63, 3.8) is 0 Å². The molecule has 3 nitrogen and oxygen atoms in total. The molecule has 0 aliphatic carbocycles. The molecule has 2 aromatic heterocycles. The van der Waals surface area contributed by atoms with E-state index in [1.165, 1.54) is 32.9 Å². The Kier molecular flexibility index (Phi) is 6.92. The molecule has 0 N–H and O–H groups in total. The van der Waals surface area contributed by atoms with E-state index in [1.807, 2.05) is 36.4 Å². The maximum Gasteiger partial charge on any atom is 0.195 e. The Morgan fingerprint density at radius 1 is 0.490 bits per heavy atom. The van der Waals surface area contributed by atoms with Gasteiger partial charge in [0, 0.05) is 53.6 Å². The van der Waals surface area contributed by atoms with E-state index in [9.17, 15) is 4.79 Å². The monoisotopic (exact) mass is 648 g/mol. The summed E-state index contributed by atoms with van der Waals surface area (Å²) >= 11 is 1.67. The van der Waals surface area contributed by atoms with Crippen LogP contribution < -0.4 is 10.3 Å². The van der Waals surface area contributed by atoms with Gasteiger partial charge in [0.2, 0.25) is 0 Å². The molecule has 9 aromatic rings. The Morgan fingerprint density at radius 3 is 1.67 bits per heavy atom. The van der Waals surface area contributed by atoms with Crippen LogP contribution in [-0.4, -0.2) is 4.57 Å². The van der Waals surface area contributed by atoms with E-state index < -0.39 is 0 Å². The number of aromatic nitrogens is 1. The van der Waals surface area contributed by atoms with Gasteiger partial charge in [-0.1, -0.05) is 97.1 Å². The molecule has 0 atom stereocenters. The molecule has 7 aromatic carbocycles. The highest BCUT2D eigenvalue weighted by molar-refractivity contribution is 7.24. The zero-order valence-corrected chi connectivity index (χ0v) is 28.0. The minimum absolute atomic E-state index is 0.0505. The van der Waals surface area contributed by atoms with Crippen molar-refractivity contribution >= 4 is 70.4 Å². The smallest absolute Gasteiger partial charge is 0.195 e. The number of anilines is 3. The van der Waals surface area contributed by atoms with Gasteiger partial charge < -0.3 is 9.47 Å². The lowest BCUT2D eigenvalue weighted by atomic mass is 10.0. The highest BCUT2D eigenvalue weighted by atomic mass is 32.1. The lowest BCUT2D eigenvalue weighted by Gasteiger charge is -2.25. The van der Waals surface area contributed by atoms with Crippen molar-refractivity contribution in [1.29, 1.82) is 0 Å². The summed E-state index contributed by atoms with van der Waals surface area (Å²) in [5.41, 5.74) is 11.2. The van der Waals surface area contributed by atoms with Crippen molar-refractivity contribution in [2.45, 2.75) is 13.8 Å². The van der Waals surface area contributed by atoms with E-state index >= 15 is 0 Å². The number of aryl methyl sites for hydroxylation is 2. The number of para-hydroxylation sites is 5. The first-order valence-corrected chi connectivity index (χ1v) is 17.4. The average molecular weight is 649 g/mol. The number of hydrogen-bond donors (Lipinski definition) is 0. The second kappa shape index (κ2) is 11.6. The van der Waals surface area contributed by atoms with Crippen LogP contribution >= 0.6 is 11.3 Å². The second-order valence-corrected chi connectivity index (χ2v) is 13.7. The second-order valence-electron chi connectivity index (χ2n) is 12.6. The molecule has 0 bridgehead atoms. The van der Waals surface area contributed by atoms with Crippen LogP contribution in [0, 0.1) is 13.8 Å². The molecule has 0 fully saturated rings. The lowest BCUT2D eigenvalue weighted by molar-refractivity contribution is 1.16. The molecular weight excluding hydrogens is 617 g/mol. The van der Waals surface area contributed by atoms with Crippen molar-refractivity contribution in [3.05, 3.63) is 179 Å². The van der Waals surface area contributed by atoms with Gasteiger partial charge in [-0.2, -0.15) is 0 Å². The van der Waals surface area contributed by atoms with Crippen LogP contribution in [0.25, 0.3) is 58.8 Å². The topological polar surface area (TPSA) is 25.2 Å². The fourth-order valence-corrected chi connectivity index (χ4v) is 8.40. The normalized spacial score (nSPS) is 11.6.